The number of benzene rings is 3. The third-order valence-corrected chi connectivity index (χ3v) is 7.54. The van der Waals surface area contributed by atoms with Gasteiger partial charge in [0.2, 0.25) is 0 Å². The van der Waals surface area contributed by atoms with E-state index in [1.165, 1.54) is 0 Å². The Morgan fingerprint density at radius 3 is 2.53 bits per heavy atom. The highest BCUT2D eigenvalue weighted by atomic mass is 127. The van der Waals surface area contributed by atoms with Crippen molar-refractivity contribution in [3.63, 3.8) is 0 Å². The summed E-state index contributed by atoms with van der Waals surface area (Å²) in [7, 11) is 0. The van der Waals surface area contributed by atoms with E-state index in [0.29, 0.717) is 33.4 Å². The van der Waals surface area contributed by atoms with Crippen molar-refractivity contribution in [3.8, 4) is 5.75 Å². The maximum Gasteiger partial charge on any atom is 0.344 e. The third kappa shape index (κ3) is 6.67. The molecular formula is C29H23ClINO5S. The van der Waals surface area contributed by atoms with Gasteiger partial charge in [0.15, 0.2) is 0 Å². The summed E-state index contributed by atoms with van der Waals surface area (Å²) >= 11 is 9.72. The number of aryl methyl sites for hydroxylation is 1. The molecule has 0 unspecified atom stereocenters. The van der Waals surface area contributed by atoms with Gasteiger partial charge in [-0.15, -0.1) is 0 Å². The van der Waals surface area contributed by atoms with Crippen LogP contribution in [0.5, 0.6) is 5.75 Å². The lowest BCUT2D eigenvalue weighted by molar-refractivity contribution is -0.138. The molecule has 9 heteroatoms. The maximum atomic E-state index is 12.9. The Hall–Kier alpha value is -3.08. The average Bonchev–Trinajstić information content (AvgIpc) is 3.19. The Balaban J connectivity index is 1.59. The molecule has 0 radical (unpaired) electrons. The van der Waals surface area contributed by atoms with E-state index in [-0.39, 0.29) is 23.0 Å². The van der Waals surface area contributed by atoms with Crippen LogP contribution in [0.15, 0.2) is 88.0 Å². The van der Waals surface area contributed by atoms with Gasteiger partial charge in [0, 0.05) is 9.13 Å². The van der Waals surface area contributed by atoms with Crippen LogP contribution >= 0.6 is 46.0 Å². The lowest BCUT2D eigenvalue weighted by Crippen LogP contribution is -2.14. The average molecular weight is 660 g/mol. The Bertz CT molecular complexity index is 1480. The fourth-order valence-corrected chi connectivity index (χ4v) is 5.19. The molecule has 6 nitrogen and oxygen atoms in total. The van der Waals surface area contributed by atoms with Crippen LogP contribution < -0.4 is 4.74 Å². The van der Waals surface area contributed by atoms with Crippen LogP contribution in [-0.2, 0) is 16.1 Å². The number of hydrogen-bond acceptors (Lipinski definition) is 6. The Kier molecular flexibility index (Phi) is 9.30. The summed E-state index contributed by atoms with van der Waals surface area (Å²) in [6.07, 6.45) is 1.66. The number of nitrogens with zero attached hydrogens (tertiary/aromatic N) is 1. The molecule has 0 aromatic heterocycles. The summed E-state index contributed by atoms with van der Waals surface area (Å²) in [5.41, 5.74) is 2.71. The molecule has 0 spiro atoms. The molecule has 0 saturated carbocycles. The fraction of sp³-hybridized carbons (Fsp3) is 0.138. The molecule has 1 aliphatic rings. The quantitative estimate of drug-likeness (QED) is 0.209. The Morgan fingerprint density at radius 1 is 1.11 bits per heavy atom. The second-order valence-electron chi connectivity index (χ2n) is 8.20. The van der Waals surface area contributed by atoms with Crippen molar-refractivity contribution in [1.82, 2.24) is 0 Å². The summed E-state index contributed by atoms with van der Waals surface area (Å²) in [4.78, 5) is 30.0. The molecule has 38 heavy (non-hydrogen) atoms. The monoisotopic (exact) mass is 659 g/mol. The van der Waals surface area contributed by atoms with E-state index >= 15 is 0 Å². The van der Waals surface area contributed by atoms with Gasteiger partial charge in [0.05, 0.1) is 16.5 Å². The van der Waals surface area contributed by atoms with E-state index in [4.69, 9.17) is 21.1 Å². The van der Waals surface area contributed by atoms with Gasteiger partial charge in [-0.3, -0.25) is 4.79 Å². The van der Waals surface area contributed by atoms with Gasteiger partial charge in [-0.05, 0) is 89.5 Å². The largest absolute Gasteiger partial charge is 0.506 e. The van der Waals surface area contributed by atoms with Gasteiger partial charge in [0.25, 0.3) is 5.91 Å². The predicted molar refractivity (Wildman–Crippen MR) is 160 cm³/mol. The van der Waals surface area contributed by atoms with E-state index in [9.17, 15) is 14.7 Å². The zero-order valence-corrected chi connectivity index (χ0v) is 24.3. The van der Waals surface area contributed by atoms with Gasteiger partial charge in [0.1, 0.15) is 28.7 Å². The lowest BCUT2D eigenvalue weighted by atomic mass is 10.1. The number of ether oxygens (including phenoxy) is 2. The molecule has 0 aliphatic carbocycles. The summed E-state index contributed by atoms with van der Waals surface area (Å²) in [6.45, 7) is 3.94. The van der Waals surface area contributed by atoms with Crippen LogP contribution in [0.3, 0.4) is 0 Å². The Labute approximate surface area is 243 Å². The van der Waals surface area contributed by atoms with Crippen molar-refractivity contribution in [1.29, 1.82) is 0 Å². The van der Waals surface area contributed by atoms with Crippen molar-refractivity contribution < 1.29 is 24.2 Å². The van der Waals surface area contributed by atoms with Crippen LogP contribution in [0.4, 0.5) is 0 Å². The van der Waals surface area contributed by atoms with Crippen molar-refractivity contribution in [2.45, 2.75) is 20.5 Å². The van der Waals surface area contributed by atoms with Crippen molar-refractivity contribution in [2.75, 3.05) is 6.61 Å². The van der Waals surface area contributed by atoms with Gasteiger partial charge in [-0.2, -0.15) is 0 Å². The molecule has 0 bridgehead atoms. The number of amides is 1. The van der Waals surface area contributed by atoms with Crippen LogP contribution in [0, 0.1) is 10.5 Å². The molecule has 3 aromatic rings. The number of rotatable bonds is 7. The van der Waals surface area contributed by atoms with Gasteiger partial charge >= 0.3 is 5.97 Å². The zero-order chi connectivity index (χ0) is 27.2. The lowest BCUT2D eigenvalue weighted by Gasteiger charge is -2.09. The molecule has 3 aromatic carbocycles. The molecule has 194 valence electrons. The van der Waals surface area contributed by atoms with Crippen LogP contribution in [-0.4, -0.2) is 28.6 Å². The third-order valence-electron chi connectivity index (χ3n) is 5.51. The zero-order valence-electron chi connectivity index (χ0n) is 20.5. The van der Waals surface area contributed by atoms with Crippen LogP contribution in [0.1, 0.15) is 34.0 Å². The molecule has 4 rings (SSSR count). The number of aliphatic imine (C=N–C) groups is 1. The Morgan fingerprint density at radius 2 is 1.84 bits per heavy atom. The molecule has 1 aliphatic heterocycles. The van der Waals surface area contributed by atoms with E-state index < -0.39 is 11.9 Å². The summed E-state index contributed by atoms with van der Waals surface area (Å²) in [6, 6.07) is 20.2. The second kappa shape index (κ2) is 12.6. The van der Waals surface area contributed by atoms with E-state index in [0.717, 1.165) is 26.5 Å². The first-order chi connectivity index (χ1) is 18.3. The predicted octanol–water partition coefficient (Wildman–Crippen LogP) is 7.53. The standard InChI is InChI=1S/C29H23ClINO5S/c1-3-36-29(35)25-26(33)24(38-28(25)32-27(34)21-7-5-4-6-17(21)2)15-19-10-13-23(22(30)14-19)37-16-18-8-11-20(31)12-9-18/h4-15,33H,3,16H2,1-2H3/b24-15-,32-28?. The number of thioether (sulfide) groups is 1. The van der Waals surface area contributed by atoms with E-state index in [2.05, 4.69) is 27.6 Å². The SMILES string of the molecule is CCOC(=O)C1=C(O)/C(=C/c2ccc(OCc3ccc(I)cc3)c(Cl)c2)SC1=NC(=O)c1ccccc1C. The smallest absolute Gasteiger partial charge is 0.344 e. The van der Waals surface area contributed by atoms with Gasteiger partial charge in [-0.1, -0.05) is 59.8 Å². The molecule has 0 atom stereocenters. The molecular weight excluding hydrogens is 637 g/mol. The second-order valence-corrected chi connectivity index (χ2v) is 10.9. The first-order valence-electron chi connectivity index (χ1n) is 11.6. The van der Waals surface area contributed by atoms with Gasteiger partial charge < -0.3 is 14.6 Å². The van der Waals surface area contributed by atoms with Crippen LogP contribution in [0.2, 0.25) is 5.02 Å². The topological polar surface area (TPSA) is 85.2 Å². The highest BCUT2D eigenvalue weighted by Gasteiger charge is 2.34. The molecule has 1 heterocycles. The highest BCUT2D eigenvalue weighted by molar-refractivity contribution is 14.1. The first kappa shape index (κ1) is 27.9. The molecule has 1 N–H and O–H groups in total. The number of aliphatic hydroxyl groups excluding tert-OH is 1. The number of carbonyl (C=O) groups excluding carboxylic acids is 2. The minimum Gasteiger partial charge on any atom is -0.506 e. The number of halogens is 2. The minimum atomic E-state index is -0.755. The summed E-state index contributed by atoms with van der Waals surface area (Å²) in [5, 5.41) is 11.4. The van der Waals surface area contributed by atoms with E-state index in [1.54, 1.807) is 56.3 Å². The van der Waals surface area contributed by atoms with E-state index in [1.807, 2.05) is 30.3 Å². The number of esters is 1. The number of hydrogen-bond donors (Lipinski definition) is 1. The van der Waals surface area contributed by atoms with Gasteiger partial charge in [-0.25, -0.2) is 9.79 Å². The normalized spacial score (nSPS) is 15.3. The van der Waals surface area contributed by atoms with Crippen molar-refractivity contribution >= 4 is 68.9 Å². The summed E-state index contributed by atoms with van der Waals surface area (Å²) < 4.78 is 12.1. The highest BCUT2D eigenvalue weighted by Crippen LogP contribution is 2.40. The fourth-order valence-electron chi connectivity index (χ4n) is 3.57. The number of carbonyl (C=O) groups is 2. The molecule has 0 fully saturated rings. The van der Waals surface area contributed by atoms with Crippen molar-refractivity contribution in [2.24, 2.45) is 4.99 Å². The summed E-state index contributed by atoms with van der Waals surface area (Å²) in [5.74, 6) is -1.06. The van der Waals surface area contributed by atoms with Crippen molar-refractivity contribution in [3.05, 3.63) is 114 Å². The molecule has 0 saturated heterocycles. The maximum absolute atomic E-state index is 12.9. The minimum absolute atomic E-state index is 0.0732. The first-order valence-corrected chi connectivity index (χ1v) is 13.9. The number of aliphatic hydroxyl groups is 1. The van der Waals surface area contributed by atoms with Crippen LogP contribution in [0.25, 0.3) is 6.08 Å². The molecule has 1 amide bonds.